The van der Waals surface area contributed by atoms with Crippen LogP contribution in [0.3, 0.4) is 0 Å². The number of rotatable bonds is 0. The minimum Gasteiger partial charge on any atom is -0.364 e. The number of hydrogen-bond acceptors (Lipinski definition) is 5. The Balaban J connectivity index is 1.54. The highest BCUT2D eigenvalue weighted by Crippen LogP contribution is 2.34. The quantitative estimate of drug-likeness (QED) is 0.434. The van der Waals surface area contributed by atoms with Gasteiger partial charge in [-0.15, -0.1) is 0 Å². The van der Waals surface area contributed by atoms with E-state index in [-0.39, 0.29) is 11.9 Å². The van der Waals surface area contributed by atoms with E-state index >= 15 is 0 Å². The molecule has 0 N–H and O–H groups in total. The maximum absolute atomic E-state index is 14.4. The van der Waals surface area contributed by atoms with Gasteiger partial charge in [0.05, 0.1) is 6.04 Å². The first-order valence-corrected chi connectivity index (χ1v) is 14.1. The third-order valence-electron chi connectivity index (χ3n) is 8.41. The molecule has 6 heteroatoms. The molecule has 2 saturated heterocycles. The van der Waals surface area contributed by atoms with E-state index in [1.54, 1.807) is 12.1 Å². The van der Waals surface area contributed by atoms with Crippen molar-refractivity contribution in [2.75, 3.05) is 40.3 Å². The van der Waals surface area contributed by atoms with E-state index in [0.29, 0.717) is 0 Å². The molecular formula is C31H42FN5. The number of piperidine rings is 1. The summed E-state index contributed by atoms with van der Waals surface area (Å²) in [5, 5.41) is 0. The fraction of sp³-hybridized carbons (Fsp3) is 0.516. The van der Waals surface area contributed by atoms with Gasteiger partial charge in [-0.25, -0.2) is 9.38 Å². The SMILES string of the molecule is C=C1/C=C2/N=C(N3CCCC3)C=C(N(C)CCCCCc3ccc(F)cc3C(=C)N3CCCCC13)N2C. The number of likely N-dealkylation sites (tertiary alicyclic amines) is 1. The highest BCUT2D eigenvalue weighted by Gasteiger charge is 2.29. The van der Waals surface area contributed by atoms with Crippen molar-refractivity contribution in [2.24, 2.45) is 4.99 Å². The molecule has 4 aliphatic rings. The van der Waals surface area contributed by atoms with Crippen molar-refractivity contribution in [2.45, 2.75) is 63.8 Å². The summed E-state index contributed by atoms with van der Waals surface area (Å²) in [7, 11) is 4.31. The predicted octanol–water partition coefficient (Wildman–Crippen LogP) is 5.99. The zero-order valence-electron chi connectivity index (χ0n) is 22.7. The van der Waals surface area contributed by atoms with E-state index in [0.717, 1.165) is 99.6 Å². The van der Waals surface area contributed by atoms with Gasteiger partial charge in [-0.05, 0) is 80.7 Å². The van der Waals surface area contributed by atoms with Crippen molar-refractivity contribution in [3.8, 4) is 0 Å². The summed E-state index contributed by atoms with van der Waals surface area (Å²) < 4.78 is 14.4. The van der Waals surface area contributed by atoms with Gasteiger partial charge >= 0.3 is 0 Å². The number of fused-ring (bicyclic) bond motifs is 4. The standard InChI is InChI=1S/C31H42FN5/c1-23-20-29-33-30(36-17-10-11-18-36)22-31(35(29)4)34(3)16-8-5-6-12-25-14-15-26(32)21-27(25)24(2)37-19-9-7-13-28(23)37/h14-15,20-22,28H,1-2,5-13,16-19H2,3-4H3/b29-20-. The van der Waals surface area contributed by atoms with E-state index in [2.05, 4.69) is 59.0 Å². The number of amidine groups is 1. The lowest BCUT2D eigenvalue weighted by atomic mass is 9.92. The second kappa shape index (κ2) is 11.2. The number of hydrogen-bond donors (Lipinski definition) is 0. The van der Waals surface area contributed by atoms with Crippen molar-refractivity contribution >= 4 is 11.5 Å². The molecule has 0 spiro atoms. The zero-order chi connectivity index (χ0) is 25.9. The fourth-order valence-corrected chi connectivity index (χ4v) is 6.21. The average Bonchev–Trinajstić information content (AvgIpc) is 3.44. The maximum Gasteiger partial charge on any atom is 0.136 e. The summed E-state index contributed by atoms with van der Waals surface area (Å²) >= 11 is 0. The zero-order valence-corrected chi connectivity index (χ0v) is 22.7. The minimum atomic E-state index is -0.197. The fourth-order valence-electron chi connectivity index (χ4n) is 6.21. The van der Waals surface area contributed by atoms with Crippen molar-refractivity contribution in [3.05, 3.63) is 77.7 Å². The molecule has 1 aromatic rings. The molecule has 5 rings (SSSR count). The molecule has 0 aliphatic carbocycles. The number of aryl methyl sites for hydroxylation is 1. The van der Waals surface area contributed by atoms with Gasteiger partial charge in [-0.2, -0.15) is 0 Å². The second-order valence-electron chi connectivity index (χ2n) is 11.0. The van der Waals surface area contributed by atoms with E-state index in [4.69, 9.17) is 4.99 Å². The first kappa shape index (κ1) is 25.6. The Labute approximate surface area is 222 Å². The van der Waals surface area contributed by atoms with Crippen LogP contribution in [0.15, 0.2) is 65.7 Å². The summed E-state index contributed by atoms with van der Waals surface area (Å²) in [4.78, 5) is 14.5. The van der Waals surface area contributed by atoms with Crippen LogP contribution in [0, 0.1) is 5.82 Å². The van der Waals surface area contributed by atoms with Crippen molar-refractivity contribution < 1.29 is 4.39 Å². The number of aliphatic imine (C=N–C) groups is 1. The number of benzene rings is 1. The lowest BCUT2D eigenvalue weighted by molar-refractivity contribution is 0.259. The van der Waals surface area contributed by atoms with Crippen LogP contribution in [0.25, 0.3) is 5.70 Å². The lowest BCUT2D eigenvalue weighted by Crippen LogP contribution is -2.40. The smallest absolute Gasteiger partial charge is 0.136 e. The molecule has 4 heterocycles. The Morgan fingerprint density at radius 3 is 2.46 bits per heavy atom. The molecule has 0 saturated carbocycles. The van der Waals surface area contributed by atoms with Crippen LogP contribution in [0.5, 0.6) is 0 Å². The molecule has 0 aromatic heterocycles. The molecule has 0 amide bonds. The number of halogens is 1. The van der Waals surface area contributed by atoms with Crippen LogP contribution in [-0.2, 0) is 6.42 Å². The Bertz CT molecular complexity index is 1130. The third-order valence-corrected chi connectivity index (χ3v) is 8.41. The van der Waals surface area contributed by atoms with Crippen LogP contribution in [0.4, 0.5) is 4.39 Å². The van der Waals surface area contributed by atoms with Crippen LogP contribution in [-0.4, -0.2) is 71.8 Å². The van der Waals surface area contributed by atoms with Crippen LogP contribution in [0.2, 0.25) is 0 Å². The van der Waals surface area contributed by atoms with Crippen LogP contribution in [0.1, 0.15) is 62.5 Å². The Hall–Kier alpha value is -3.02. The summed E-state index contributed by atoms with van der Waals surface area (Å²) in [5.41, 5.74) is 4.11. The summed E-state index contributed by atoms with van der Waals surface area (Å²) in [5.74, 6) is 2.99. The largest absolute Gasteiger partial charge is 0.364 e. The van der Waals surface area contributed by atoms with Gasteiger partial charge in [0.2, 0.25) is 0 Å². The van der Waals surface area contributed by atoms with Gasteiger partial charge < -0.3 is 19.6 Å². The Morgan fingerprint density at radius 2 is 1.65 bits per heavy atom. The molecule has 5 nitrogen and oxygen atoms in total. The minimum absolute atomic E-state index is 0.128. The molecule has 0 radical (unpaired) electrons. The summed E-state index contributed by atoms with van der Waals surface area (Å²) in [6.07, 6.45) is 14.4. The van der Waals surface area contributed by atoms with Gasteiger partial charge in [-0.1, -0.05) is 25.6 Å². The number of nitrogens with zero attached hydrogens (tertiary/aromatic N) is 5. The van der Waals surface area contributed by atoms with Crippen molar-refractivity contribution in [1.82, 2.24) is 19.6 Å². The van der Waals surface area contributed by atoms with E-state index < -0.39 is 0 Å². The lowest BCUT2D eigenvalue weighted by Gasteiger charge is -2.40. The van der Waals surface area contributed by atoms with Crippen LogP contribution >= 0.6 is 0 Å². The van der Waals surface area contributed by atoms with E-state index in [1.165, 1.54) is 24.2 Å². The van der Waals surface area contributed by atoms with E-state index in [1.807, 2.05) is 6.07 Å². The first-order valence-electron chi connectivity index (χ1n) is 14.1. The normalized spacial score (nSPS) is 25.3. The van der Waals surface area contributed by atoms with Gasteiger partial charge in [0, 0.05) is 57.6 Å². The molecule has 1 unspecified atom stereocenters. The summed E-state index contributed by atoms with van der Waals surface area (Å²) in [6.45, 7) is 13.1. The highest BCUT2D eigenvalue weighted by atomic mass is 19.1. The maximum atomic E-state index is 14.4. The first-order chi connectivity index (χ1) is 17.9. The molecule has 2 fully saturated rings. The molecule has 1 aromatic carbocycles. The molecule has 37 heavy (non-hydrogen) atoms. The molecule has 2 bridgehead atoms. The second-order valence-corrected chi connectivity index (χ2v) is 11.0. The third kappa shape index (κ3) is 5.48. The Kier molecular flexibility index (Phi) is 7.73. The van der Waals surface area contributed by atoms with Crippen molar-refractivity contribution in [3.63, 3.8) is 0 Å². The van der Waals surface area contributed by atoms with Gasteiger partial charge in [0.1, 0.15) is 23.3 Å². The van der Waals surface area contributed by atoms with Gasteiger partial charge in [0.15, 0.2) is 0 Å². The molecule has 1 atom stereocenters. The van der Waals surface area contributed by atoms with E-state index in [9.17, 15) is 4.39 Å². The Morgan fingerprint density at radius 1 is 0.892 bits per heavy atom. The molecule has 198 valence electrons. The summed E-state index contributed by atoms with van der Waals surface area (Å²) in [6, 6.07) is 5.36. The average molecular weight is 504 g/mol. The monoisotopic (exact) mass is 503 g/mol. The van der Waals surface area contributed by atoms with Gasteiger partial charge in [-0.3, -0.25) is 0 Å². The highest BCUT2D eigenvalue weighted by molar-refractivity contribution is 5.95. The molecule has 4 aliphatic heterocycles. The van der Waals surface area contributed by atoms with Crippen LogP contribution < -0.4 is 0 Å². The van der Waals surface area contributed by atoms with Crippen molar-refractivity contribution in [1.29, 1.82) is 0 Å². The predicted molar refractivity (Wildman–Crippen MR) is 151 cm³/mol. The van der Waals surface area contributed by atoms with Gasteiger partial charge in [0.25, 0.3) is 0 Å². The molecular weight excluding hydrogens is 461 g/mol. The topological polar surface area (TPSA) is 25.3 Å².